The van der Waals surface area contributed by atoms with Gasteiger partial charge in [0.2, 0.25) is 0 Å². The van der Waals surface area contributed by atoms with Crippen molar-refractivity contribution in [2.45, 2.75) is 20.3 Å². The lowest BCUT2D eigenvalue weighted by molar-refractivity contribution is 0.613. The summed E-state index contributed by atoms with van der Waals surface area (Å²) < 4.78 is 0. The summed E-state index contributed by atoms with van der Waals surface area (Å²) in [4.78, 5) is 4.19. The predicted molar refractivity (Wildman–Crippen MR) is 99.2 cm³/mol. The Labute approximate surface area is 139 Å². The van der Waals surface area contributed by atoms with E-state index in [0.717, 1.165) is 32.0 Å². The van der Waals surface area contributed by atoms with Crippen molar-refractivity contribution in [3.8, 4) is 0 Å². The molecular weight excluding hydrogens is 363 g/mol. The van der Waals surface area contributed by atoms with Crippen LogP contribution in [0.5, 0.6) is 0 Å². The molecule has 0 radical (unpaired) electrons. The lowest BCUT2D eigenvalue weighted by Gasteiger charge is -2.13. The highest BCUT2D eigenvalue weighted by atomic mass is 127. The normalized spacial score (nSPS) is 10.9. The van der Waals surface area contributed by atoms with Crippen LogP contribution < -0.4 is 16.0 Å². The van der Waals surface area contributed by atoms with Crippen molar-refractivity contribution in [1.82, 2.24) is 10.6 Å². The maximum Gasteiger partial charge on any atom is 0.190 e. The zero-order valence-electron chi connectivity index (χ0n) is 12.6. The smallest absolute Gasteiger partial charge is 0.190 e. The van der Waals surface area contributed by atoms with Crippen molar-refractivity contribution in [2.24, 2.45) is 10.9 Å². The van der Waals surface area contributed by atoms with E-state index in [2.05, 4.69) is 46.9 Å². The van der Waals surface area contributed by atoms with Gasteiger partial charge in [0.1, 0.15) is 0 Å². The van der Waals surface area contributed by atoms with Crippen LogP contribution in [0.1, 0.15) is 20.3 Å². The van der Waals surface area contributed by atoms with Crippen molar-refractivity contribution in [3.05, 3.63) is 30.3 Å². The molecule has 0 unspecified atom stereocenters. The van der Waals surface area contributed by atoms with E-state index in [9.17, 15) is 0 Å². The highest BCUT2D eigenvalue weighted by molar-refractivity contribution is 14.0. The molecule has 0 aliphatic heterocycles. The van der Waals surface area contributed by atoms with Crippen molar-refractivity contribution in [1.29, 1.82) is 0 Å². The number of para-hydroxylation sites is 1. The van der Waals surface area contributed by atoms with Crippen LogP contribution in [0.3, 0.4) is 0 Å². The molecule has 4 nitrogen and oxygen atoms in total. The Morgan fingerprint density at radius 1 is 1.10 bits per heavy atom. The first-order valence-electron chi connectivity index (χ1n) is 6.96. The number of nitrogens with one attached hydrogen (secondary N) is 3. The Hall–Kier alpha value is -0.980. The standard InChI is InChI=1S/C15H26N4.HI/c1-13(2)12-19-15(16-3)18-11-7-10-17-14-8-5-4-6-9-14;/h4-6,8-9,13,17H,7,10-12H2,1-3H3,(H2,16,18,19);1H. The van der Waals surface area contributed by atoms with Crippen molar-refractivity contribution in [3.63, 3.8) is 0 Å². The van der Waals surface area contributed by atoms with Crippen LogP contribution in [-0.2, 0) is 0 Å². The highest BCUT2D eigenvalue weighted by Gasteiger charge is 1.98. The Morgan fingerprint density at radius 2 is 1.80 bits per heavy atom. The van der Waals surface area contributed by atoms with Gasteiger partial charge in [-0.3, -0.25) is 4.99 Å². The van der Waals surface area contributed by atoms with Crippen LogP contribution in [0.25, 0.3) is 0 Å². The van der Waals surface area contributed by atoms with E-state index in [1.54, 1.807) is 7.05 Å². The number of anilines is 1. The molecule has 1 aromatic carbocycles. The highest BCUT2D eigenvalue weighted by Crippen LogP contribution is 2.03. The molecule has 0 aliphatic rings. The second-order valence-electron chi connectivity index (χ2n) is 4.92. The van der Waals surface area contributed by atoms with E-state index >= 15 is 0 Å². The van der Waals surface area contributed by atoms with Gasteiger partial charge in [-0.25, -0.2) is 0 Å². The van der Waals surface area contributed by atoms with Crippen LogP contribution in [0.15, 0.2) is 35.3 Å². The molecule has 1 rings (SSSR count). The van der Waals surface area contributed by atoms with Gasteiger partial charge in [-0.2, -0.15) is 0 Å². The SMILES string of the molecule is CN=C(NCCCNc1ccccc1)NCC(C)C.I. The van der Waals surface area contributed by atoms with Gasteiger partial charge in [-0.15, -0.1) is 24.0 Å². The van der Waals surface area contributed by atoms with E-state index < -0.39 is 0 Å². The van der Waals surface area contributed by atoms with E-state index in [1.807, 2.05) is 18.2 Å². The third-order valence-electron chi connectivity index (χ3n) is 2.65. The van der Waals surface area contributed by atoms with Gasteiger partial charge in [0, 0.05) is 32.4 Å². The van der Waals surface area contributed by atoms with E-state index in [-0.39, 0.29) is 24.0 Å². The first kappa shape index (κ1) is 19.0. The quantitative estimate of drug-likeness (QED) is 0.290. The Balaban J connectivity index is 0.00000361. The summed E-state index contributed by atoms with van der Waals surface area (Å²) in [6.07, 6.45) is 1.05. The molecule has 0 heterocycles. The summed E-state index contributed by atoms with van der Waals surface area (Å²) in [6, 6.07) is 10.3. The Morgan fingerprint density at radius 3 is 2.40 bits per heavy atom. The maximum absolute atomic E-state index is 4.19. The fraction of sp³-hybridized carbons (Fsp3) is 0.533. The second kappa shape index (κ2) is 11.8. The number of rotatable bonds is 7. The molecule has 20 heavy (non-hydrogen) atoms. The molecule has 0 aliphatic carbocycles. The Bertz CT molecular complexity index is 365. The summed E-state index contributed by atoms with van der Waals surface area (Å²) >= 11 is 0. The van der Waals surface area contributed by atoms with Crippen molar-refractivity contribution >= 4 is 35.6 Å². The summed E-state index contributed by atoms with van der Waals surface area (Å²) in [5.41, 5.74) is 1.17. The summed E-state index contributed by atoms with van der Waals surface area (Å²) in [5.74, 6) is 1.51. The molecular formula is C15H27IN4. The topological polar surface area (TPSA) is 48.5 Å². The molecule has 0 saturated carbocycles. The first-order chi connectivity index (χ1) is 9.22. The van der Waals surface area contributed by atoms with E-state index in [1.165, 1.54) is 5.69 Å². The zero-order valence-corrected chi connectivity index (χ0v) is 15.0. The monoisotopic (exact) mass is 390 g/mol. The number of aliphatic imine (C=N–C) groups is 1. The lowest BCUT2D eigenvalue weighted by Crippen LogP contribution is -2.39. The van der Waals surface area contributed by atoms with Crippen LogP contribution in [-0.4, -0.2) is 32.6 Å². The summed E-state index contributed by atoms with van der Waals surface area (Å²) in [6.45, 7) is 7.19. The maximum atomic E-state index is 4.19. The summed E-state index contributed by atoms with van der Waals surface area (Å²) in [5, 5.41) is 9.99. The van der Waals surface area contributed by atoms with Gasteiger partial charge in [-0.1, -0.05) is 32.0 Å². The molecule has 0 aromatic heterocycles. The van der Waals surface area contributed by atoms with E-state index in [4.69, 9.17) is 0 Å². The van der Waals surface area contributed by atoms with E-state index in [0.29, 0.717) is 5.92 Å². The average Bonchev–Trinajstić information content (AvgIpc) is 2.42. The molecule has 0 atom stereocenters. The summed E-state index contributed by atoms with van der Waals surface area (Å²) in [7, 11) is 1.80. The lowest BCUT2D eigenvalue weighted by atomic mass is 10.2. The van der Waals surface area contributed by atoms with Gasteiger partial charge < -0.3 is 16.0 Å². The van der Waals surface area contributed by atoms with Crippen LogP contribution >= 0.6 is 24.0 Å². The number of hydrogen-bond acceptors (Lipinski definition) is 2. The molecule has 3 N–H and O–H groups in total. The van der Waals surface area contributed by atoms with Gasteiger partial charge in [-0.05, 0) is 24.5 Å². The minimum atomic E-state index is 0. The molecule has 114 valence electrons. The van der Waals surface area contributed by atoms with Crippen molar-refractivity contribution in [2.75, 3.05) is 32.0 Å². The third kappa shape index (κ3) is 9.01. The number of hydrogen-bond donors (Lipinski definition) is 3. The van der Waals surface area contributed by atoms with Crippen molar-refractivity contribution < 1.29 is 0 Å². The molecule has 0 spiro atoms. The number of benzene rings is 1. The molecule has 0 fully saturated rings. The molecule has 5 heteroatoms. The number of guanidine groups is 1. The minimum Gasteiger partial charge on any atom is -0.385 e. The number of nitrogens with zero attached hydrogens (tertiary/aromatic N) is 1. The molecule has 0 bridgehead atoms. The van der Waals surface area contributed by atoms with Crippen LogP contribution in [0.2, 0.25) is 0 Å². The van der Waals surface area contributed by atoms with Crippen LogP contribution in [0, 0.1) is 5.92 Å². The zero-order chi connectivity index (χ0) is 13.9. The van der Waals surface area contributed by atoms with Gasteiger partial charge >= 0.3 is 0 Å². The fourth-order valence-electron chi connectivity index (χ4n) is 1.61. The molecule has 1 aromatic rings. The van der Waals surface area contributed by atoms with Crippen LogP contribution in [0.4, 0.5) is 5.69 Å². The van der Waals surface area contributed by atoms with Gasteiger partial charge in [0.15, 0.2) is 5.96 Å². The molecule has 0 saturated heterocycles. The Kier molecular flexibility index (Phi) is 11.2. The second-order valence-corrected chi connectivity index (χ2v) is 4.92. The third-order valence-corrected chi connectivity index (χ3v) is 2.65. The van der Waals surface area contributed by atoms with Gasteiger partial charge in [0.05, 0.1) is 0 Å². The minimum absolute atomic E-state index is 0. The largest absolute Gasteiger partial charge is 0.385 e. The fourth-order valence-corrected chi connectivity index (χ4v) is 1.61. The first-order valence-corrected chi connectivity index (χ1v) is 6.96. The molecule has 0 amide bonds. The predicted octanol–water partition coefficient (Wildman–Crippen LogP) is 2.93. The number of halogens is 1. The average molecular weight is 390 g/mol. The van der Waals surface area contributed by atoms with Gasteiger partial charge in [0.25, 0.3) is 0 Å².